The molecule has 0 bridgehead atoms. The Bertz CT molecular complexity index is 1420. The van der Waals surface area contributed by atoms with Crippen LogP contribution in [0, 0.1) is 11.6 Å². The first-order valence-electron chi connectivity index (χ1n) is 11.3. The zero-order valence-electron chi connectivity index (χ0n) is 19.7. The summed E-state index contributed by atoms with van der Waals surface area (Å²) in [7, 11) is 0. The van der Waals surface area contributed by atoms with Gasteiger partial charge in [-0.2, -0.15) is 4.98 Å². The van der Waals surface area contributed by atoms with Crippen molar-refractivity contribution in [2.45, 2.75) is 19.3 Å². The van der Waals surface area contributed by atoms with Crippen molar-refractivity contribution in [1.29, 1.82) is 0 Å². The summed E-state index contributed by atoms with van der Waals surface area (Å²) in [6, 6.07) is 11.5. The van der Waals surface area contributed by atoms with Crippen LogP contribution < -0.4 is 20.7 Å². The molecule has 196 valence electrons. The molecule has 2 aromatic carbocycles. The summed E-state index contributed by atoms with van der Waals surface area (Å²) in [5.41, 5.74) is 0.648. The molecule has 38 heavy (non-hydrogen) atoms. The van der Waals surface area contributed by atoms with Gasteiger partial charge in [0.25, 0.3) is 0 Å². The quantitative estimate of drug-likeness (QED) is 0.235. The number of rotatable bonds is 10. The van der Waals surface area contributed by atoms with Crippen LogP contribution in [-0.2, 0) is 17.6 Å². The van der Waals surface area contributed by atoms with Crippen molar-refractivity contribution in [3.05, 3.63) is 89.2 Å². The van der Waals surface area contributed by atoms with Gasteiger partial charge in [0.05, 0.1) is 6.42 Å². The van der Waals surface area contributed by atoms with Crippen molar-refractivity contribution in [2.75, 3.05) is 17.2 Å². The van der Waals surface area contributed by atoms with Crippen LogP contribution in [0.2, 0.25) is 5.35 Å². The fraction of sp³-hybridized carbons (Fsp3) is 0.160. The van der Waals surface area contributed by atoms with Gasteiger partial charge in [-0.3, -0.25) is 10.1 Å². The Morgan fingerprint density at radius 2 is 1.87 bits per heavy atom. The highest BCUT2D eigenvalue weighted by atomic mass is 35.5. The predicted molar refractivity (Wildman–Crippen MR) is 134 cm³/mol. The number of nitrogens with one attached hydrogen (secondary N) is 3. The number of urea groups is 1. The van der Waals surface area contributed by atoms with Crippen molar-refractivity contribution in [3.8, 4) is 11.5 Å². The van der Waals surface area contributed by atoms with Gasteiger partial charge >= 0.3 is 11.4 Å². The van der Waals surface area contributed by atoms with Crippen LogP contribution in [0.4, 0.5) is 25.1 Å². The van der Waals surface area contributed by atoms with Crippen LogP contribution in [-0.4, -0.2) is 33.6 Å². The molecular weight excluding hydrogens is 522 g/mol. The minimum absolute atomic E-state index is 0.00703. The van der Waals surface area contributed by atoms with Crippen LogP contribution in [0.25, 0.3) is 0 Å². The Morgan fingerprint density at radius 1 is 1.05 bits per heavy atom. The van der Waals surface area contributed by atoms with Crippen LogP contribution in [0.5, 0.6) is 11.5 Å². The molecule has 13 heteroatoms. The smallest absolute Gasteiger partial charge is 0.325 e. The minimum atomic E-state index is -0.836. The van der Waals surface area contributed by atoms with Gasteiger partial charge in [-0.15, -0.1) is 0 Å². The first-order valence-corrected chi connectivity index (χ1v) is 11.7. The van der Waals surface area contributed by atoms with E-state index in [2.05, 4.69) is 31.1 Å². The molecule has 10 nitrogen and oxygen atoms in total. The second-order valence-electron chi connectivity index (χ2n) is 7.92. The minimum Gasteiger partial charge on any atom is -0.454 e. The van der Waals surface area contributed by atoms with E-state index in [4.69, 9.17) is 20.9 Å². The number of hydrogen-bond donors (Lipinski definition) is 3. The molecule has 0 spiro atoms. The van der Waals surface area contributed by atoms with Gasteiger partial charge in [-0.1, -0.05) is 17.3 Å². The molecular formula is C25H21ClF2N6O4. The van der Waals surface area contributed by atoms with E-state index in [1.165, 1.54) is 42.6 Å². The highest BCUT2D eigenvalue weighted by Crippen LogP contribution is 2.27. The Hall–Kier alpha value is -4.58. The number of nitrogens with zero attached hydrogens (tertiary/aromatic N) is 3. The van der Waals surface area contributed by atoms with Crippen LogP contribution in [0.15, 0.2) is 65.3 Å². The molecule has 3 N–H and O–H groups in total. The number of aryl methyl sites for hydroxylation is 1. The number of carbonyl (C=O) groups excluding carboxylic acids is 2. The van der Waals surface area contributed by atoms with Gasteiger partial charge in [0, 0.05) is 37.0 Å². The fourth-order valence-corrected chi connectivity index (χ4v) is 3.41. The van der Waals surface area contributed by atoms with Crippen molar-refractivity contribution >= 4 is 35.0 Å². The normalized spacial score (nSPS) is 10.6. The highest BCUT2D eigenvalue weighted by molar-refractivity contribution is 6.27. The Labute approximate surface area is 220 Å². The standard InChI is InChI=1S/C25H21ClF2N6O4/c26-24-32-21(34-38-24)2-1-10-29-22-14-18(9-11-30-22)37-20-8-7-17(13-19(20)28)31-25(36)33-23(35)12-15-3-5-16(27)6-4-15/h3-9,11,13-14H,1-2,10,12H2,(H,29,30)(H2,31,33,35,36). The summed E-state index contributed by atoms with van der Waals surface area (Å²) in [6.07, 6.45) is 2.64. The van der Waals surface area contributed by atoms with Gasteiger partial charge in [-0.25, -0.2) is 18.6 Å². The molecule has 3 amide bonds. The van der Waals surface area contributed by atoms with E-state index in [-0.39, 0.29) is 23.2 Å². The van der Waals surface area contributed by atoms with Gasteiger partial charge in [0.15, 0.2) is 17.4 Å². The molecule has 4 rings (SSSR count). The second-order valence-corrected chi connectivity index (χ2v) is 8.25. The third-order valence-corrected chi connectivity index (χ3v) is 5.16. The van der Waals surface area contributed by atoms with Gasteiger partial charge in [0.2, 0.25) is 5.91 Å². The van der Waals surface area contributed by atoms with Crippen molar-refractivity contribution in [1.82, 2.24) is 20.4 Å². The molecule has 0 aliphatic rings. The average molecular weight is 543 g/mol. The Morgan fingerprint density at radius 3 is 2.61 bits per heavy atom. The lowest BCUT2D eigenvalue weighted by atomic mass is 10.1. The molecule has 2 heterocycles. The number of halogens is 3. The molecule has 0 unspecified atom stereocenters. The van der Waals surface area contributed by atoms with Crippen molar-refractivity contribution in [3.63, 3.8) is 0 Å². The Balaban J connectivity index is 1.25. The van der Waals surface area contributed by atoms with E-state index in [1.54, 1.807) is 12.1 Å². The van der Waals surface area contributed by atoms with Crippen molar-refractivity contribution in [2.24, 2.45) is 0 Å². The van der Waals surface area contributed by atoms with Gasteiger partial charge < -0.3 is 19.9 Å². The number of imide groups is 1. The van der Waals surface area contributed by atoms with E-state index in [9.17, 15) is 18.4 Å². The fourth-order valence-electron chi connectivity index (χ4n) is 3.28. The summed E-state index contributed by atoms with van der Waals surface area (Å²) in [4.78, 5) is 32.2. The lowest BCUT2D eigenvalue weighted by Gasteiger charge is -2.11. The topological polar surface area (TPSA) is 131 Å². The molecule has 0 aliphatic heterocycles. The number of hydrogen-bond acceptors (Lipinski definition) is 8. The first-order chi connectivity index (χ1) is 18.3. The second kappa shape index (κ2) is 12.6. The SMILES string of the molecule is O=C(Cc1ccc(F)cc1)NC(=O)Nc1ccc(Oc2ccnc(NCCCc3noc(Cl)n3)c2)c(F)c1. The number of amides is 3. The molecule has 0 saturated heterocycles. The maximum Gasteiger partial charge on any atom is 0.325 e. The summed E-state index contributed by atoms with van der Waals surface area (Å²) < 4.78 is 37.9. The third kappa shape index (κ3) is 7.96. The summed E-state index contributed by atoms with van der Waals surface area (Å²) in [5, 5.41) is 11.3. The molecule has 0 atom stereocenters. The zero-order chi connectivity index (χ0) is 26.9. The average Bonchev–Trinajstić information content (AvgIpc) is 3.30. The van der Waals surface area contributed by atoms with Gasteiger partial charge in [-0.05, 0) is 53.9 Å². The molecule has 4 aromatic rings. The number of pyridine rings is 1. The summed E-state index contributed by atoms with van der Waals surface area (Å²) >= 11 is 5.59. The molecule has 0 fully saturated rings. The number of ether oxygens (including phenoxy) is 1. The number of aromatic nitrogens is 3. The highest BCUT2D eigenvalue weighted by Gasteiger charge is 2.12. The monoisotopic (exact) mass is 542 g/mol. The van der Waals surface area contributed by atoms with E-state index < -0.39 is 23.6 Å². The largest absolute Gasteiger partial charge is 0.454 e. The zero-order valence-corrected chi connectivity index (χ0v) is 20.5. The number of anilines is 2. The van der Waals surface area contributed by atoms with Crippen LogP contribution >= 0.6 is 11.6 Å². The van der Waals surface area contributed by atoms with E-state index in [0.29, 0.717) is 42.3 Å². The molecule has 2 aromatic heterocycles. The maximum absolute atomic E-state index is 14.6. The van der Waals surface area contributed by atoms with E-state index in [0.717, 1.165) is 6.07 Å². The first kappa shape index (κ1) is 26.5. The third-order valence-electron chi connectivity index (χ3n) is 5.01. The number of benzene rings is 2. The molecule has 0 radical (unpaired) electrons. The molecule has 0 saturated carbocycles. The number of carbonyl (C=O) groups is 2. The van der Waals surface area contributed by atoms with E-state index in [1.807, 2.05) is 0 Å². The van der Waals surface area contributed by atoms with Crippen LogP contribution in [0.1, 0.15) is 17.8 Å². The lowest BCUT2D eigenvalue weighted by Crippen LogP contribution is -2.35. The van der Waals surface area contributed by atoms with Crippen molar-refractivity contribution < 1.29 is 27.6 Å². The Kier molecular flexibility index (Phi) is 8.77. The van der Waals surface area contributed by atoms with Crippen LogP contribution in [0.3, 0.4) is 0 Å². The van der Waals surface area contributed by atoms with E-state index >= 15 is 0 Å². The summed E-state index contributed by atoms with van der Waals surface area (Å²) in [6.45, 7) is 0.561. The maximum atomic E-state index is 14.6. The summed E-state index contributed by atoms with van der Waals surface area (Å²) in [5.74, 6) is -0.465. The molecule has 0 aliphatic carbocycles. The van der Waals surface area contributed by atoms with Gasteiger partial charge in [0.1, 0.15) is 17.4 Å². The lowest BCUT2D eigenvalue weighted by molar-refractivity contribution is -0.119. The predicted octanol–water partition coefficient (Wildman–Crippen LogP) is 5.12.